The molecule has 0 aliphatic carbocycles. The van der Waals surface area contributed by atoms with Gasteiger partial charge >= 0.3 is 0 Å². The second-order valence-corrected chi connectivity index (χ2v) is 1.55. The minimum absolute atomic E-state index is 0.847. The third-order valence-corrected chi connectivity index (χ3v) is 0.847. The lowest BCUT2D eigenvalue weighted by molar-refractivity contribution is 0.398. The number of hydrazone groups is 1. The van der Waals surface area contributed by atoms with E-state index in [2.05, 4.69) is 11.8 Å². The average molecular weight is 112 g/mol. The molecule has 0 aromatic carbocycles. The lowest BCUT2D eigenvalue weighted by atomic mass is 10.5. The van der Waals surface area contributed by atoms with Gasteiger partial charge in [0.1, 0.15) is 0 Å². The van der Waals surface area contributed by atoms with Gasteiger partial charge in [0.15, 0.2) is 0 Å². The van der Waals surface area contributed by atoms with Gasteiger partial charge in [-0.25, -0.2) is 0 Å². The van der Waals surface area contributed by atoms with Crippen molar-refractivity contribution in [2.45, 2.75) is 6.92 Å². The van der Waals surface area contributed by atoms with Crippen LogP contribution in [0, 0.1) is 0 Å². The van der Waals surface area contributed by atoms with Crippen LogP contribution in [0.2, 0.25) is 0 Å². The fraction of sp³-hybridized carbons (Fsp3) is 0.500. The molecule has 0 saturated heterocycles. The van der Waals surface area contributed by atoms with Gasteiger partial charge in [0.2, 0.25) is 0 Å². The quantitative estimate of drug-likeness (QED) is 0.303. The van der Waals surface area contributed by atoms with E-state index < -0.39 is 0 Å². The summed E-state index contributed by atoms with van der Waals surface area (Å²) in [5.74, 6) is 0. The molecule has 0 spiro atoms. The second-order valence-electron chi connectivity index (χ2n) is 1.55. The summed E-state index contributed by atoms with van der Waals surface area (Å²) in [6.07, 6.45) is 4.01. The summed E-state index contributed by atoms with van der Waals surface area (Å²) in [6.45, 7) is 6.19. The molecule has 0 amide bonds. The monoisotopic (exact) mass is 112 g/mol. The van der Waals surface area contributed by atoms with E-state index in [1.54, 1.807) is 5.01 Å². The number of nitrogens with zero attached hydrogens (tertiary/aromatic N) is 2. The zero-order valence-electron chi connectivity index (χ0n) is 5.46. The summed E-state index contributed by atoms with van der Waals surface area (Å²) in [6, 6.07) is 0. The van der Waals surface area contributed by atoms with Gasteiger partial charge in [-0.15, -0.1) is 0 Å². The lowest BCUT2D eigenvalue weighted by Crippen LogP contribution is -2.08. The lowest BCUT2D eigenvalue weighted by Gasteiger charge is -2.06. The van der Waals surface area contributed by atoms with E-state index in [0.29, 0.717) is 0 Å². The first kappa shape index (κ1) is 7.21. The third kappa shape index (κ3) is 3.40. The van der Waals surface area contributed by atoms with Crippen LogP contribution < -0.4 is 0 Å². The Morgan fingerprint density at radius 2 is 2.38 bits per heavy atom. The molecule has 0 rings (SSSR count). The largest absolute Gasteiger partial charge is 0.297 e. The molecule has 0 radical (unpaired) electrons. The van der Waals surface area contributed by atoms with Gasteiger partial charge in [0, 0.05) is 13.8 Å². The van der Waals surface area contributed by atoms with E-state index in [1.807, 2.05) is 26.1 Å². The summed E-state index contributed by atoms with van der Waals surface area (Å²) in [5, 5.41) is 5.42. The van der Waals surface area contributed by atoms with Crippen LogP contribution in [-0.4, -0.2) is 25.3 Å². The molecule has 0 bridgehead atoms. The maximum Gasteiger partial charge on any atom is 0.0537 e. The topological polar surface area (TPSA) is 15.6 Å². The molecular formula is C6H12N2. The van der Waals surface area contributed by atoms with E-state index >= 15 is 0 Å². The van der Waals surface area contributed by atoms with Crippen molar-refractivity contribution in [3.05, 3.63) is 12.2 Å². The second kappa shape index (κ2) is 4.37. The highest BCUT2D eigenvalue weighted by Crippen LogP contribution is 1.80. The number of allylic oxidation sites excluding steroid dienone is 1. The number of hydrogen-bond donors (Lipinski definition) is 0. The SMILES string of the molecule is C=NN(C)C/C=C/C. The highest BCUT2D eigenvalue weighted by Gasteiger charge is 1.80. The first-order valence-electron chi connectivity index (χ1n) is 2.60. The molecule has 8 heavy (non-hydrogen) atoms. The maximum absolute atomic E-state index is 3.66. The molecule has 0 saturated carbocycles. The van der Waals surface area contributed by atoms with Crippen LogP contribution in [0.25, 0.3) is 0 Å². The molecule has 0 aromatic rings. The molecular weight excluding hydrogens is 100 g/mol. The van der Waals surface area contributed by atoms with Crippen molar-refractivity contribution in [1.82, 2.24) is 5.01 Å². The zero-order chi connectivity index (χ0) is 6.41. The van der Waals surface area contributed by atoms with Crippen LogP contribution in [-0.2, 0) is 0 Å². The Bertz CT molecular complexity index is 86.5. The van der Waals surface area contributed by atoms with Crippen LogP contribution in [0.4, 0.5) is 0 Å². The first-order valence-corrected chi connectivity index (χ1v) is 2.60. The fourth-order valence-corrected chi connectivity index (χ4v) is 0.316. The van der Waals surface area contributed by atoms with Gasteiger partial charge in [-0.3, -0.25) is 5.01 Å². The maximum atomic E-state index is 3.66. The molecule has 0 N–H and O–H groups in total. The molecule has 0 heterocycles. The predicted octanol–water partition coefficient (Wildman–Crippen LogP) is 1.11. The number of hydrogen-bond acceptors (Lipinski definition) is 2. The van der Waals surface area contributed by atoms with Crippen molar-refractivity contribution in [2.75, 3.05) is 13.6 Å². The van der Waals surface area contributed by atoms with Gasteiger partial charge in [0.05, 0.1) is 6.54 Å². The van der Waals surface area contributed by atoms with Crippen LogP contribution >= 0.6 is 0 Å². The molecule has 0 aliphatic heterocycles. The highest BCUT2D eigenvalue weighted by molar-refractivity contribution is 5.22. The Labute approximate surface area is 50.5 Å². The molecule has 2 heteroatoms. The minimum Gasteiger partial charge on any atom is -0.297 e. The van der Waals surface area contributed by atoms with Crippen LogP contribution in [0.15, 0.2) is 17.3 Å². The van der Waals surface area contributed by atoms with Gasteiger partial charge < -0.3 is 0 Å². The number of rotatable bonds is 3. The van der Waals surface area contributed by atoms with E-state index in [-0.39, 0.29) is 0 Å². The normalized spacial score (nSPS) is 9.75. The van der Waals surface area contributed by atoms with Gasteiger partial charge in [0.25, 0.3) is 0 Å². The Kier molecular flexibility index (Phi) is 3.94. The summed E-state index contributed by atoms with van der Waals surface area (Å²) in [7, 11) is 1.88. The molecule has 2 nitrogen and oxygen atoms in total. The summed E-state index contributed by atoms with van der Waals surface area (Å²) < 4.78 is 0. The number of likely N-dealkylation sites (N-methyl/N-ethyl adjacent to an activating group) is 1. The van der Waals surface area contributed by atoms with E-state index in [1.165, 1.54) is 0 Å². The van der Waals surface area contributed by atoms with E-state index in [4.69, 9.17) is 0 Å². The summed E-state index contributed by atoms with van der Waals surface area (Å²) in [5.41, 5.74) is 0. The van der Waals surface area contributed by atoms with Gasteiger partial charge in [-0.05, 0) is 6.92 Å². The predicted molar refractivity (Wildman–Crippen MR) is 37.0 cm³/mol. The first-order chi connectivity index (χ1) is 3.81. The van der Waals surface area contributed by atoms with Crippen LogP contribution in [0.3, 0.4) is 0 Å². The fourth-order valence-electron chi connectivity index (χ4n) is 0.316. The average Bonchev–Trinajstić information content (AvgIpc) is 1.83. The Morgan fingerprint density at radius 1 is 1.75 bits per heavy atom. The highest BCUT2D eigenvalue weighted by atomic mass is 15.4. The minimum atomic E-state index is 0.847. The van der Waals surface area contributed by atoms with Crippen molar-refractivity contribution < 1.29 is 0 Å². The summed E-state index contributed by atoms with van der Waals surface area (Å²) >= 11 is 0. The van der Waals surface area contributed by atoms with Crippen molar-refractivity contribution in [2.24, 2.45) is 5.10 Å². The van der Waals surface area contributed by atoms with Crippen molar-refractivity contribution in [3.63, 3.8) is 0 Å². The molecule has 46 valence electrons. The van der Waals surface area contributed by atoms with Gasteiger partial charge in [-0.2, -0.15) is 5.10 Å². The van der Waals surface area contributed by atoms with E-state index in [0.717, 1.165) is 6.54 Å². The molecule has 0 fully saturated rings. The Morgan fingerprint density at radius 3 is 2.75 bits per heavy atom. The Hall–Kier alpha value is -0.790. The van der Waals surface area contributed by atoms with Crippen molar-refractivity contribution in [3.8, 4) is 0 Å². The van der Waals surface area contributed by atoms with Crippen molar-refractivity contribution >= 4 is 6.72 Å². The Balaban J connectivity index is 3.23. The zero-order valence-corrected chi connectivity index (χ0v) is 5.46. The van der Waals surface area contributed by atoms with Crippen LogP contribution in [0.1, 0.15) is 6.92 Å². The van der Waals surface area contributed by atoms with E-state index in [9.17, 15) is 0 Å². The molecule has 0 unspecified atom stereocenters. The molecule has 0 aromatic heterocycles. The standard InChI is InChI=1S/C6H12N2/c1-4-5-6-8(3)7-2/h4-5H,2,6H2,1,3H3/b5-4+. The molecule has 0 aliphatic rings. The molecule has 0 atom stereocenters. The third-order valence-electron chi connectivity index (χ3n) is 0.847. The smallest absolute Gasteiger partial charge is 0.0537 e. The van der Waals surface area contributed by atoms with Crippen molar-refractivity contribution in [1.29, 1.82) is 0 Å². The van der Waals surface area contributed by atoms with Gasteiger partial charge in [-0.1, -0.05) is 12.2 Å². The summed E-state index contributed by atoms with van der Waals surface area (Å²) in [4.78, 5) is 0. The van der Waals surface area contributed by atoms with Crippen LogP contribution in [0.5, 0.6) is 0 Å².